The number of guanidine groups is 1. The molecule has 6 heteroatoms. The van der Waals surface area contributed by atoms with Gasteiger partial charge in [-0.05, 0) is 38.3 Å². The average Bonchev–Trinajstić information content (AvgIpc) is 2.65. The molecule has 0 bridgehead atoms. The van der Waals surface area contributed by atoms with Crippen LogP contribution in [-0.4, -0.2) is 61.3 Å². The Morgan fingerprint density at radius 3 is 2.58 bits per heavy atom. The molecule has 1 unspecified atom stereocenters. The van der Waals surface area contributed by atoms with Gasteiger partial charge in [-0.25, -0.2) is 0 Å². The first kappa shape index (κ1) is 23.2. The first-order chi connectivity index (χ1) is 12.2. The zero-order valence-electron chi connectivity index (χ0n) is 16.2. The number of halogens is 1. The third kappa shape index (κ3) is 8.68. The van der Waals surface area contributed by atoms with Gasteiger partial charge in [0.25, 0.3) is 0 Å². The first-order valence-corrected chi connectivity index (χ1v) is 9.66. The number of hydrogen-bond acceptors (Lipinski definition) is 3. The molecule has 0 amide bonds. The third-order valence-corrected chi connectivity index (χ3v) is 4.74. The predicted octanol–water partition coefficient (Wildman–Crippen LogP) is 2.81. The van der Waals surface area contributed by atoms with Gasteiger partial charge in [0, 0.05) is 38.6 Å². The van der Waals surface area contributed by atoms with Gasteiger partial charge in [0.05, 0.1) is 6.10 Å². The van der Waals surface area contributed by atoms with Crippen molar-refractivity contribution in [2.75, 3.05) is 39.3 Å². The van der Waals surface area contributed by atoms with Gasteiger partial charge in [0.2, 0.25) is 0 Å². The molecule has 2 rings (SSSR count). The predicted molar refractivity (Wildman–Crippen MR) is 121 cm³/mol. The monoisotopic (exact) mass is 474 g/mol. The van der Waals surface area contributed by atoms with Crippen LogP contribution in [0.3, 0.4) is 0 Å². The van der Waals surface area contributed by atoms with Crippen molar-refractivity contribution in [1.82, 2.24) is 15.5 Å². The number of nitrogens with zero attached hydrogens (tertiary/aromatic N) is 2. The van der Waals surface area contributed by atoms with Crippen molar-refractivity contribution in [3.8, 4) is 0 Å². The van der Waals surface area contributed by atoms with Crippen LogP contribution < -0.4 is 10.6 Å². The quantitative estimate of drug-likeness (QED) is 0.235. The Morgan fingerprint density at radius 2 is 1.92 bits per heavy atom. The van der Waals surface area contributed by atoms with E-state index in [9.17, 15) is 5.11 Å². The van der Waals surface area contributed by atoms with Crippen molar-refractivity contribution in [3.63, 3.8) is 0 Å². The van der Waals surface area contributed by atoms with E-state index in [1.807, 2.05) is 6.07 Å². The molecule has 3 N–H and O–H groups in total. The molecule has 0 aliphatic carbocycles. The number of hydrogen-bond donors (Lipinski definition) is 3. The third-order valence-electron chi connectivity index (χ3n) is 4.74. The van der Waals surface area contributed by atoms with Gasteiger partial charge in [-0.2, -0.15) is 0 Å². The van der Waals surface area contributed by atoms with Crippen molar-refractivity contribution in [2.45, 2.75) is 45.1 Å². The summed E-state index contributed by atoms with van der Waals surface area (Å²) in [6, 6.07) is 10.5. The molecule has 0 radical (unpaired) electrons. The molecule has 1 atom stereocenters. The van der Waals surface area contributed by atoms with Gasteiger partial charge >= 0.3 is 0 Å². The smallest absolute Gasteiger partial charge is 0.191 e. The maximum Gasteiger partial charge on any atom is 0.191 e. The Labute approximate surface area is 175 Å². The normalized spacial score (nSPS) is 17.4. The Morgan fingerprint density at radius 1 is 1.23 bits per heavy atom. The molecule has 1 saturated heterocycles. The van der Waals surface area contributed by atoms with Crippen LogP contribution in [0.15, 0.2) is 35.3 Å². The highest BCUT2D eigenvalue weighted by Crippen LogP contribution is 2.14. The molecule has 1 aromatic rings. The lowest BCUT2D eigenvalue weighted by atomic mass is 10.0. The summed E-state index contributed by atoms with van der Waals surface area (Å²) in [6.45, 7) is 10.0. The van der Waals surface area contributed by atoms with Gasteiger partial charge in [0.15, 0.2) is 5.96 Å². The minimum Gasteiger partial charge on any atom is -0.393 e. The van der Waals surface area contributed by atoms with E-state index in [0.717, 1.165) is 64.5 Å². The van der Waals surface area contributed by atoms with Gasteiger partial charge in [-0.3, -0.25) is 4.99 Å². The molecule has 0 spiro atoms. The summed E-state index contributed by atoms with van der Waals surface area (Å²) in [7, 11) is 0. The second-order valence-corrected chi connectivity index (χ2v) is 6.88. The van der Waals surface area contributed by atoms with Crippen molar-refractivity contribution >= 4 is 29.9 Å². The SMILES string of the molecule is CCNC(=NCC(C)c1ccccc1)NCCCN1CCC(O)CC1.I. The largest absolute Gasteiger partial charge is 0.393 e. The van der Waals surface area contributed by atoms with Gasteiger partial charge in [-0.1, -0.05) is 37.3 Å². The maximum absolute atomic E-state index is 9.55. The molecule has 1 heterocycles. The van der Waals surface area contributed by atoms with Gasteiger partial charge in [-0.15, -0.1) is 24.0 Å². The van der Waals surface area contributed by atoms with E-state index in [1.54, 1.807) is 0 Å². The Balaban J connectivity index is 0.00000338. The fourth-order valence-electron chi connectivity index (χ4n) is 3.11. The van der Waals surface area contributed by atoms with E-state index in [1.165, 1.54) is 5.56 Å². The Hall–Kier alpha value is -0.860. The molecule has 1 aliphatic heterocycles. The van der Waals surface area contributed by atoms with Crippen LogP contribution in [0, 0.1) is 0 Å². The summed E-state index contributed by atoms with van der Waals surface area (Å²) in [5.74, 6) is 1.32. The van der Waals surface area contributed by atoms with E-state index < -0.39 is 0 Å². The van der Waals surface area contributed by atoms with Crippen molar-refractivity contribution in [3.05, 3.63) is 35.9 Å². The molecule has 0 aromatic heterocycles. The highest BCUT2D eigenvalue weighted by Gasteiger charge is 2.16. The lowest BCUT2D eigenvalue weighted by molar-refractivity contribution is 0.0823. The number of likely N-dealkylation sites (tertiary alicyclic amines) is 1. The summed E-state index contributed by atoms with van der Waals surface area (Å²) in [5, 5.41) is 16.3. The van der Waals surface area contributed by atoms with Crippen LogP contribution in [0.4, 0.5) is 0 Å². The first-order valence-electron chi connectivity index (χ1n) is 9.66. The lowest BCUT2D eigenvalue weighted by Gasteiger charge is -2.29. The summed E-state index contributed by atoms with van der Waals surface area (Å²) in [5.41, 5.74) is 1.33. The van der Waals surface area contributed by atoms with Crippen LogP contribution in [0.1, 0.15) is 44.6 Å². The molecule has 0 saturated carbocycles. The average molecular weight is 474 g/mol. The standard InChI is InChI=1S/C20H34N4O.HI/c1-3-21-20(23-16-17(2)18-8-5-4-6-9-18)22-12-7-13-24-14-10-19(25)11-15-24;/h4-6,8-9,17,19,25H,3,7,10-16H2,1-2H3,(H2,21,22,23);1H. The zero-order chi connectivity index (χ0) is 17.9. The van der Waals surface area contributed by atoms with E-state index in [2.05, 4.69) is 53.6 Å². The fourth-order valence-corrected chi connectivity index (χ4v) is 3.11. The highest BCUT2D eigenvalue weighted by molar-refractivity contribution is 14.0. The molecular weight excluding hydrogens is 439 g/mol. The molecule has 26 heavy (non-hydrogen) atoms. The molecule has 1 aliphatic rings. The second-order valence-electron chi connectivity index (χ2n) is 6.88. The molecule has 1 aromatic carbocycles. The number of rotatable bonds is 8. The number of nitrogens with one attached hydrogen (secondary N) is 2. The summed E-state index contributed by atoms with van der Waals surface area (Å²) in [4.78, 5) is 7.17. The molecule has 5 nitrogen and oxygen atoms in total. The molecular formula is C20H35IN4O. The fraction of sp³-hybridized carbons (Fsp3) is 0.650. The zero-order valence-corrected chi connectivity index (χ0v) is 18.5. The van der Waals surface area contributed by atoms with Crippen LogP contribution in [-0.2, 0) is 0 Å². The van der Waals surface area contributed by atoms with Crippen molar-refractivity contribution in [1.29, 1.82) is 0 Å². The van der Waals surface area contributed by atoms with E-state index >= 15 is 0 Å². The number of aliphatic hydroxyl groups is 1. The van der Waals surface area contributed by atoms with Crippen molar-refractivity contribution in [2.24, 2.45) is 4.99 Å². The Kier molecular flexibility index (Phi) is 11.9. The van der Waals surface area contributed by atoms with E-state index in [4.69, 9.17) is 4.99 Å². The van der Waals surface area contributed by atoms with Gasteiger partial charge < -0.3 is 20.6 Å². The molecule has 148 valence electrons. The maximum atomic E-state index is 9.55. The lowest BCUT2D eigenvalue weighted by Crippen LogP contribution is -2.40. The molecule has 1 fully saturated rings. The van der Waals surface area contributed by atoms with Crippen LogP contribution in [0.5, 0.6) is 0 Å². The minimum atomic E-state index is -0.0894. The summed E-state index contributed by atoms with van der Waals surface area (Å²) in [6.07, 6.45) is 2.83. The van der Waals surface area contributed by atoms with Crippen LogP contribution in [0.2, 0.25) is 0 Å². The van der Waals surface area contributed by atoms with E-state index in [0.29, 0.717) is 5.92 Å². The topological polar surface area (TPSA) is 59.9 Å². The number of piperidine rings is 1. The van der Waals surface area contributed by atoms with Crippen LogP contribution >= 0.6 is 24.0 Å². The number of aliphatic imine (C=N–C) groups is 1. The van der Waals surface area contributed by atoms with Gasteiger partial charge in [0.1, 0.15) is 0 Å². The summed E-state index contributed by atoms with van der Waals surface area (Å²) >= 11 is 0. The van der Waals surface area contributed by atoms with Crippen molar-refractivity contribution < 1.29 is 5.11 Å². The highest BCUT2D eigenvalue weighted by atomic mass is 127. The minimum absolute atomic E-state index is 0. The number of benzene rings is 1. The second kappa shape index (κ2) is 13.3. The number of aliphatic hydroxyl groups excluding tert-OH is 1. The van der Waals surface area contributed by atoms with Crippen LogP contribution in [0.25, 0.3) is 0 Å². The van der Waals surface area contributed by atoms with E-state index in [-0.39, 0.29) is 30.1 Å². The summed E-state index contributed by atoms with van der Waals surface area (Å²) < 4.78 is 0. The Bertz CT molecular complexity index is 504.